The van der Waals surface area contributed by atoms with Crippen molar-refractivity contribution in [2.75, 3.05) is 0 Å². The van der Waals surface area contributed by atoms with Crippen LogP contribution in [0.2, 0.25) is 0 Å². The Morgan fingerprint density at radius 3 is 2.30 bits per heavy atom. The van der Waals surface area contributed by atoms with Gasteiger partial charge in [-0.1, -0.05) is 18.6 Å². The summed E-state index contributed by atoms with van der Waals surface area (Å²) in [4.78, 5) is 0. The monoisotopic (exact) mass is 136 g/mol. The molecular formula is C10H16. The molecule has 0 aromatic heterocycles. The van der Waals surface area contributed by atoms with E-state index in [1.807, 2.05) is 0 Å². The Morgan fingerprint density at radius 2 is 2.00 bits per heavy atom. The summed E-state index contributed by atoms with van der Waals surface area (Å²) in [6.45, 7) is 4.74. The summed E-state index contributed by atoms with van der Waals surface area (Å²) in [7, 11) is 0. The van der Waals surface area contributed by atoms with Crippen LogP contribution in [0.5, 0.6) is 0 Å². The fourth-order valence-electron chi connectivity index (χ4n) is 2.39. The Balaban J connectivity index is 2.35. The summed E-state index contributed by atoms with van der Waals surface area (Å²) >= 11 is 0. The molecule has 0 aliphatic heterocycles. The highest BCUT2D eigenvalue weighted by Gasteiger charge is 2.36. The van der Waals surface area contributed by atoms with Crippen LogP contribution in [0.4, 0.5) is 0 Å². The molecule has 3 aliphatic carbocycles. The Bertz CT molecular complexity index is 168. The second-order valence-corrected chi connectivity index (χ2v) is 4.25. The molecule has 0 heteroatoms. The minimum atomic E-state index is 0.606. The molecule has 0 spiro atoms. The van der Waals surface area contributed by atoms with E-state index in [4.69, 9.17) is 0 Å². The van der Waals surface area contributed by atoms with Crippen LogP contribution in [0, 0.1) is 11.3 Å². The third-order valence-electron chi connectivity index (χ3n) is 3.57. The maximum Gasteiger partial charge on any atom is -0.0119 e. The number of fused-ring (bicyclic) bond motifs is 2. The van der Waals surface area contributed by atoms with Gasteiger partial charge in [-0.3, -0.25) is 0 Å². The summed E-state index contributed by atoms with van der Waals surface area (Å²) in [5.74, 6) is 0.946. The average molecular weight is 136 g/mol. The van der Waals surface area contributed by atoms with Crippen LogP contribution in [-0.4, -0.2) is 0 Å². The van der Waals surface area contributed by atoms with Gasteiger partial charge in [-0.05, 0) is 43.9 Å². The van der Waals surface area contributed by atoms with Crippen molar-refractivity contribution >= 4 is 0 Å². The lowest BCUT2D eigenvalue weighted by molar-refractivity contribution is 0.205. The molecule has 0 aromatic carbocycles. The highest BCUT2D eigenvalue weighted by Crippen LogP contribution is 2.49. The van der Waals surface area contributed by atoms with E-state index >= 15 is 0 Å². The van der Waals surface area contributed by atoms with Gasteiger partial charge in [0.05, 0.1) is 0 Å². The van der Waals surface area contributed by atoms with Crippen molar-refractivity contribution in [2.45, 2.75) is 39.5 Å². The van der Waals surface area contributed by atoms with Crippen LogP contribution in [0.3, 0.4) is 0 Å². The molecule has 1 saturated carbocycles. The Labute approximate surface area is 63.3 Å². The molecule has 0 radical (unpaired) electrons. The lowest BCUT2D eigenvalue weighted by atomic mass is 9.62. The first-order chi connectivity index (χ1) is 4.71. The van der Waals surface area contributed by atoms with Gasteiger partial charge in [0.2, 0.25) is 0 Å². The first-order valence-electron chi connectivity index (χ1n) is 4.40. The van der Waals surface area contributed by atoms with E-state index in [1.54, 1.807) is 5.57 Å². The topological polar surface area (TPSA) is 0 Å². The van der Waals surface area contributed by atoms with Gasteiger partial charge in [0.15, 0.2) is 0 Å². The maximum atomic E-state index is 2.51. The fraction of sp³-hybridized carbons (Fsp3) is 0.800. The third-order valence-corrected chi connectivity index (χ3v) is 3.57. The molecule has 3 rings (SSSR count). The van der Waals surface area contributed by atoms with Gasteiger partial charge in [0, 0.05) is 0 Å². The summed E-state index contributed by atoms with van der Waals surface area (Å²) in [5.41, 5.74) is 2.27. The first kappa shape index (κ1) is 6.45. The summed E-state index contributed by atoms with van der Waals surface area (Å²) in [5, 5.41) is 0. The van der Waals surface area contributed by atoms with Gasteiger partial charge >= 0.3 is 0 Å². The van der Waals surface area contributed by atoms with Crippen molar-refractivity contribution in [1.82, 2.24) is 0 Å². The van der Waals surface area contributed by atoms with Gasteiger partial charge in [-0.25, -0.2) is 0 Å². The molecule has 0 aromatic rings. The van der Waals surface area contributed by atoms with E-state index in [9.17, 15) is 0 Å². The maximum absolute atomic E-state index is 2.51. The second kappa shape index (κ2) is 1.87. The third kappa shape index (κ3) is 0.744. The van der Waals surface area contributed by atoms with E-state index < -0.39 is 0 Å². The van der Waals surface area contributed by atoms with E-state index in [0.29, 0.717) is 5.41 Å². The van der Waals surface area contributed by atoms with Gasteiger partial charge < -0.3 is 0 Å². The highest BCUT2D eigenvalue weighted by molar-refractivity contribution is 5.19. The van der Waals surface area contributed by atoms with Crippen LogP contribution >= 0.6 is 0 Å². The largest absolute Gasteiger partial charge is 0.0819 e. The smallest absolute Gasteiger partial charge is 0.0119 e. The summed E-state index contributed by atoms with van der Waals surface area (Å²) in [6, 6.07) is 0. The zero-order chi connectivity index (χ0) is 7.19. The molecule has 0 heterocycles. The number of rotatable bonds is 0. The Kier molecular flexibility index (Phi) is 1.21. The molecule has 56 valence electrons. The van der Waals surface area contributed by atoms with Gasteiger partial charge in [-0.2, -0.15) is 0 Å². The van der Waals surface area contributed by atoms with Gasteiger partial charge in [0.1, 0.15) is 0 Å². The minimum absolute atomic E-state index is 0.606. The lowest BCUT2D eigenvalue weighted by Gasteiger charge is -2.43. The standard InChI is InChI=1S/C10H16/c1-8-7-9-3-5-10(8,2)6-4-9/h7,9H,3-6H2,1-2H3. The first-order valence-corrected chi connectivity index (χ1v) is 4.40. The molecule has 1 fully saturated rings. The Hall–Kier alpha value is -0.260. The number of hydrogen-bond acceptors (Lipinski definition) is 0. The van der Waals surface area contributed by atoms with Crippen molar-refractivity contribution < 1.29 is 0 Å². The second-order valence-electron chi connectivity index (χ2n) is 4.25. The SMILES string of the molecule is CC1=CC2CCC1(C)CC2. The number of allylic oxidation sites excluding steroid dienone is 2. The van der Waals surface area contributed by atoms with Crippen molar-refractivity contribution in [3.8, 4) is 0 Å². The molecular weight excluding hydrogens is 120 g/mol. The molecule has 0 unspecified atom stereocenters. The van der Waals surface area contributed by atoms with Crippen molar-refractivity contribution in [3.63, 3.8) is 0 Å². The van der Waals surface area contributed by atoms with Gasteiger partial charge in [-0.15, -0.1) is 0 Å². The van der Waals surface area contributed by atoms with Crippen LogP contribution < -0.4 is 0 Å². The van der Waals surface area contributed by atoms with Crippen molar-refractivity contribution in [3.05, 3.63) is 11.6 Å². The predicted molar refractivity (Wildman–Crippen MR) is 43.8 cm³/mol. The highest BCUT2D eigenvalue weighted by atomic mass is 14.4. The minimum Gasteiger partial charge on any atom is -0.0819 e. The molecule has 0 atom stereocenters. The van der Waals surface area contributed by atoms with Crippen molar-refractivity contribution in [1.29, 1.82) is 0 Å². The molecule has 0 nitrogen and oxygen atoms in total. The lowest BCUT2D eigenvalue weighted by Crippen LogP contribution is -2.30. The normalized spacial score (nSPS) is 45.4. The number of hydrogen-bond donors (Lipinski definition) is 0. The van der Waals surface area contributed by atoms with E-state index in [1.165, 1.54) is 25.7 Å². The predicted octanol–water partition coefficient (Wildman–Crippen LogP) is 3.14. The van der Waals surface area contributed by atoms with E-state index in [0.717, 1.165) is 5.92 Å². The zero-order valence-corrected chi connectivity index (χ0v) is 6.98. The molecule has 0 N–H and O–H groups in total. The summed E-state index contributed by atoms with van der Waals surface area (Å²) < 4.78 is 0. The van der Waals surface area contributed by atoms with E-state index in [-0.39, 0.29) is 0 Å². The Morgan fingerprint density at radius 1 is 1.40 bits per heavy atom. The van der Waals surface area contributed by atoms with Crippen LogP contribution in [-0.2, 0) is 0 Å². The van der Waals surface area contributed by atoms with E-state index in [2.05, 4.69) is 19.9 Å². The summed E-state index contributed by atoms with van der Waals surface area (Å²) in [6.07, 6.45) is 8.30. The average Bonchev–Trinajstić information content (AvgIpc) is 1.92. The van der Waals surface area contributed by atoms with Crippen LogP contribution in [0.25, 0.3) is 0 Å². The van der Waals surface area contributed by atoms with Crippen LogP contribution in [0.1, 0.15) is 39.5 Å². The molecule has 3 aliphatic rings. The molecule has 0 saturated heterocycles. The molecule has 2 bridgehead atoms. The quantitative estimate of drug-likeness (QED) is 0.449. The van der Waals surface area contributed by atoms with Crippen molar-refractivity contribution in [2.24, 2.45) is 11.3 Å². The van der Waals surface area contributed by atoms with Crippen LogP contribution in [0.15, 0.2) is 11.6 Å². The zero-order valence-electron chi connectivity index (χ0n) is 6.98. The molecule has 0 amide bonds. The fourth-order valence-corrected chi connectivity index (χ4v) is 2.39. The van der Waals surface area contributed by atoms with Gasteiger partial charge in [0.25, 0.3) is 0 Å². The molecule has 10 heavy (non-hydrogen) atoms.